The highest BCUT2D eigenvalue weighted by atomic mass is 32.2. The Morgan fingerprint density at radius 2 is 2.13 bits per heavy atom. The van der Waals surface area contributed by atoms with Crippen LogP contribution in [0.3, 0.4) is 0 Å². The number of thioether (sulfide) groups is 1. The Morgan fingerprint density at radius 3 is 2.60 bits per heavy atom. The van der Waals surface area contributed by atoms with E-state index in [1.807, 2.05) is 20.8 Å². The standard InChI is InChI=1S/C11H23NO2S/c1-5-11(3,4)12-10(14)8-15-9(2)6-7-13/h9,13H,5-8H2,1-4H3,(H,12,14). The fraction of sp³-hybridized carbons (Fsp3) is 0.909. The van der Waals surface area contributed by atoms with Crippen LogP contribution in [0.25, 0.3) is 0 Å². The molecular formula is C11H23NO2S. The van der Waals surface area contributed by atoms with Crippen LogP contribution in [0.4, 0.5) is 0 Å². The SMILES string of the molecule is CCC(C)(C)NC(=O)CSC(C)CCO. The summed E-state index contributed by atoms with van der Waals surface area (Å²) < 4.78 is 0. The first-order valence-corrected chi connectivity index (χ1v) is 6.49. The highest BCUT2D eigenvalue weighted by molar-refractivity contribution is 8.00. The van der Waals surface area contributed by atoms with Crippen LogP contribution in [0, 0.1) is 0 Å². The topological polar surface area (TPSA) is 49.3 Å². The fourth-order valence-corrected chi connectivity index (χ4v) is 1.77. The van der Waals surface area contributed by atoms with Crippen molar-refractivity contribution < 1.29 is 9.90 Å². The summed E-state index contributed by atoms with van der Waals surface area (Å²) in [5.41, 5.74) is -0.113. The van der Waals surface area contributed by atoms with Gasteiger partial charge < -0.3 is 10.4 Å². The Bertz CT molecular complexity index is 195. The van der Waals surface area contributed by atoms with Crippen molar-refractivity contribution in [3.05, 3.63) is 0 Å². The van der Waals surface area contributed by atoms with Gasteiger partial charge in [-0.1, -0.05) is 13.8 Å². The summed E-state index contributed by atoms with van der Waals surface area (Å²) in [6, 6.07) is 0. The Balaban J connectivity index is 3.75. The van der Waals surface area contributed by atoms with Gasteiger partial charge in [0.2, 0.25) is 5.91 Å². The van der Waals surface area contributed by atoms with Crippen LogP contribution < -0.4 is 5.32 Å². The van der Waals surface area contributed by atoms with Crippen molar-refractivity contribution in [1.29, 1.82) is 0 Å². The second-order valence-corrected chi connectivity index (χ2v) is 5.85. The molecule has 0 aliphatic carbocycles. The molecule has 4 heteroatoms. The molecule has 0 heterocycles. The van der Waals surface area contributed by atoms with Crippen LogP contribution >= 0.6 is 11.8 Å². The fourth-order valence-electron chi connectivity index (χ4n) is 0.985. The summed E-state index contributed by atoms with van der Waals surface area (Å²) in [5, 5.41) is 12.0. The summed E-state index contributed by atoms with van der Waals surface area (Å²) in [6.45, 7) is 8.32. The van der Waals surface area contributed by atoms with E-state index >= 15 is 0 Å². The van der Waals surface area contributed by atoms with Crippen molar-refractivity contribution in [2.75, 3.05) is 12.4 Å². The molecular weight excluding hydrogens is 210 g/mol. The van der Waals surface area contributed by atoms with Gasteiger partial charge in [-0.2, -0.15) is 0 Å². The number of rotatable bonds is 7. The van der Waals surface area contributed by atoms with E-state index in [0.29, 0.717) is 11.0 Å². The second kappa shape index (κ2) is 7.12. The van der Waals surface area contributed by atoms with Crippen LogP contribution in [-0.2, 0) is 4.79 Å². The highest BCUT2D eigenvalue weighted by Gasteiger charge is 2.17. The minimum atomic E-state index is -0.113. The smallest absolute Gasteiger partial charge is 0.230 e. The molecule has 0 radical (unpaired) electrons. The Morgan fingerprint density at radius 1 is 1.53 bits per heavy atom. The molecule has 0 bridgehead atoms. The van der Waals surface area contributed by atoms with Gasteiger partial charge in [-0.15, -0.1) is 11.8 Å². The number of aliphatic hydroxyl groups is 1. The molecule has 0 saturated heterocycles. The van der Waals surface area contributed by atoms with E-state index < -0.39 is 0 Å². The molecule has 0 spiro atoms. The molecule has 0 aliphatic rings. The van der Waals surface area contributed by atoms with Crippen molar-refractivity contribution in [3.8, 4) is 0 Å². The number of aliphatic hydroxyl groups excluding tert-OH is 1. The third-order valence-corrected chi connectivity index (χ3v) is 3.63. The third kappa shape index (κ3) is 7.68. The molecule has 0 saturated carbocycles. The largest absolute Gasteiger partial charge is 0.396 e. The van der Waals surface area contributed by atoms with Gasteiger partial charge in [0.1, 0.15) is 0 Å². The van der Waals surface area contributed by atoms with E-state index in [1.165, 1.54) is 0 Å². The van der Waals surface area contributed by atoms with Gasteiger partial charge in [-0.05, 0) is 26.7 Å². The molecule has 0 aromatic rings. The average Bonchev–Trinajstić information content (AvgIpc) is 2.15. The number of nitrogens with one attached hydrogen (secondary N) is 1. The molecule has 1 unspecified atom stereocenters. The minimum Gasteiger partial charge on any atom is -0.396 e. The van der Waals surface area contributed by atoms with Gasteiger partial charge in [0.15, 0.2) is 0 Å². The van der Waals surface area contributed by atoms with Crippen LogP contribution in [-0.4, -0.2) is 34.2 Å². The van der Waals surface area contributed by atoms with Crippen LogP contribution in [0.15, 0.2) is 0 Å². The number of carbonyl (C=O) groups is 1. The summed E-state index contributed by atoms with van der Waals surface area (Å²) in [4.78, 5) is 11.5. The normalized spacial score (nSPS) is 13.7. The quantitative estimate of drug-likeness (QED) is 0.705. The predicted molar refractivity (Wildman–Crippen MR) is 66.1 cm³/mol. The third-order valence-electron chi connectivity index (χ3n) is 2.40. The van der Waals surface area contributed by atoms with Crippen molar-refractivity contribution in [2.24, 2.45) is 0 Å². The first kappa shape index (κ1) is 14.8. The molecule has 0 aromatic heterocycles. The molecule has 15 heavy (non-hydrogen) atoms. The van der Waals surface area contributed by atoms with Gasteiger partial charge in [0, 0.05) is 17.4 Å². The lowest BCUT2D eigenvalue weighted by Gasteiger charge is -2.24. The number of hydrogen-bond donors (Lipinski definition) is 2. The zero-order chi connectivity index (χ0) is 11.9. The van der Waals surface area contributed by atoms with Gasteiger partial charge >= 0.3 is 0 Å². The van der Waals surface area contributed by atoms with Crippen molar-refractivity contribution >= 4 is 17.7 Å². The Hall–Kier alpha value is -0.220. The van der Waals surface area contributed by atoms with Crippen LogP contribution in [0.5, 0.6) is 0 Å². The molecule has 1 amide bonds. The molecule has 0 aromatic carbocycles. The molecule has 0 aliphatic heterocycles. The van der Waals surface area contributed by atoms with Gasteiger partial charge in [0.25, 0.3) is 0 Å². The zero-order valence-corrected chi connectivity index (χ0v) is 11.0. The maximum atomic E-state index is 11.5. The number of hydrogen-bond acceptors (Lipinski definition) is 3. The average molecular weight is 233 g/mol. The van der Waals surface area contributed by atoms with Crippen molar-refractivity contribution in [1.82, 2.24) is 5.32 Å². The van der Waals surface area contributed by atoms with E-state index in [2.05, 4.69) is 12.2 Å². The minimum absolute atomic E-state index is 0.0802. The monoisotopic (exact) mass is 233 g/mol. The van der Waals surface area contributed by atoms with Gasteiger partial charge in [-0.3, -0.25) is 4.79 Å². The zero-order valence-electron chi connectivity index (χ0n) is 10.2. The molecule has 3 nitrogen and oxygen atoms in total. The van der Waals surface area contributed by atoms with E-state index in [-0.39, 0.29) is 18.1 Å². The van der Waals surface area contributed by atoms with Crippen molar-refractivity contribution in [2.45, 2.75) is 51.3 Å². The van der Waals surface area contributed by atoms with E-state index in [1.54, 1.807) is 11.8 Å². The summed E-state index contributed by atoms with van der Waals surface area (Å²) in [7, 11) is 0. The van der Waals surface area contributed by atoms with E-state index in [0.717, 1.165) is 12.8 Å². The van der Waals surface area contributed by atoms with E-state index in [9.17, 15) is 4.79 Å². The van der Waals surface area contributed by atoms with Gasteiger partial charge in [0.05, 0.1) is 5.75 Å². The lowest BCUT2D eigenvalue weighted by Crippen LogP contribution is -2.43. The lowest BCUT2D eigenvalue weighted by atomic mass is 10.0. The molecule has 0 fully saturated rings. The second-order valence-electron chi connectivity index (χ2n) is 4.42. The number of amides is 1. The molecule has 0 rings (SSSR count). The molecule has 1 atom stereocenters. The summed E-state index contributed by atoms with van der Waals surface area (Å²) >= 11 is 1.59. The first-order valence-electron chi connectivity index (χ1n) is 5.44. The van der Waals surface area contributed by atoms with Crippen LogP contribution in [0.2, 0.25) is 0 Å². The van der Waals surface area contributed by atoms with Gasteiger partial charge in [-0.25, -0.2) is 0 Å². The molecule has 90 valence electrons. The van der Waals surface area contributed by atoms with E-state index in [4.69, 9.17) is 5.11 Å². The maximum Gasteiger partial charge on any atom is 0.230 e. The van der Waals surface area contributed by atoms with Crippen LogP contribution in [0.1, 0.15) is 40.5 Å². The first-order chi connectivity index (χ1) is 6.91. The summed E-state index contributed by atoms with van der Waals surface area (Å²) in [6.07, 6.45) is 1.67. The van der Waals surface area contributed by atoms with Crippen molar-refractivity contribution in [3.63, 3.8) is 0 Å². The summed E-state index contributed by atoms with van der Waals surface area (Å²) in [5.74, 6) is 0.557. The lowest BCUT2D eigenvalue weighted by molar-refractivity contribution is -0.120. The maximum absolute atomic E-state index is 11.5. The predicted octanol–water partition coefficient (Wildman–Crippen LogP) is 1.80. The Labute approximate surface area is 97.0 Å². The molecule has 2 N–H and O–H groups in total. The Kier molecular flexibility index (Phi) is 7.02. The number of carbonyl (C=O) groups excluding carboxylic acids is 1. The highest BCUT2D eigenvalue weighted by Crippen LogP contribution is 2.14.